The lowest BCUT2D eigenvalue weighted by Gasteiger charge is -1.59. The van der Waals surface area contributed by atoms with Crippen molar-refractivity contribution >= 4 is 0 Å². The molecule has 0 aromatic carbocycles. The van der Waals surface area contributed by atoms with Gasteiger partial charge in [-0.3, -0.25) is 0 Å². The van der Waals surface area contributed by atoms with Crippen molar-refractivity contribution in [3.8, 4) is 0 Å². The van der Waals surface area contributed by atoms with Crippen LogP contribution in [0, 0.1) is 6.92 Å². The maximum absolute atomic E-state index is 4.96. The van der Waals surface area contributed by atoms with Crippen LogP contribution in [0.5, 0.6) is 0 Å². The smallest absolute Gasteiger partial charge is 0.213 e. The topological polar surface area (TPSA) is 38.9 Å². The number of hydrogen-bond donors (Lipinski definition) is 0. The zero-order valence-corrected chi connectivity index (χ0v) is 2.96. The van der Waals surface area contributed by atoms with Gasteiger partial charge in [-0.1, -0.05) is 5.16 Å². The van der Waals surface area contributed by atoms with Gasteiger partial charge < -0.3 is 4.52 Å². The number of nitrogens with zero attached hydrogens (tertiary/aromatic N) is 2. The van der Waals surface area contributed by atoms with Crippen LogP contribution in [0.15, 0.2) is 10.9 Å². The lowest BCUT2D eigenvalue weighted by atomic mass is 10.8. The Labute approximate surface area is 35.0 Å². The van der Waals surface area contributed by atoms with Gasteiger partial charge in [0.2, 0.25) is 6.39 Å². The fourth-order valence-electron chi connectivity index (χ4n) is 0.179. The highest BCUT2D eigenvalue weighted by atomic mass is 16.5. The van der Waals surface area contributed by atoms with Crippen LogP contribution in [0.25, 0.3) is 0 Å². The summed E-state index contributed by atoms with van der Waals surface area (Å²) < 4.78 is 4.23. The molecule has 1 heterocycles. The highest BCUT2D eigenvalue weighted by Gasteiger charge is 1.80. The Morgan fingerprint density at radius 1 is 1.83 bits per heavy atom. The van der Waals surface area contributed by atoms with E-state index in [9.17, 15) is 0 Å². The summed E-state index contributed by atoms with van der Waals surface area (Å²) in [6.45, 7) is 4.96. The van der Waals surface area contributed by atoms with Crippen LogP contribution < -0.4 is 0 Å². The lowest BCUT2D eigenvalue weighted by molar-refractivity contribution is 0.414. The Morgan fingerprint density at radius 2 is 2.67 bits per heavy atom. The van der Waals surface area contributed by atoms with Gasteiger partial charge in [0.05, 0.1) is 0 Å². The molecule has 0 aliphatic rings. The molecule has 30 valence electrons. The molecule has 6 heavy (non-hydrogen) atoms. The molecule has 0 aliphatic carbocycles. The van der Waals surface area contributed by atoms with Crippen LogP contribution in [0.4, 0.5) is 0 Å². The van der Waals surface area contributed by atoms with Crippen molar-refractivity contribution in [2.75, 3.05) is 0 Å². The van der Waals surface area contributed by atoms with E-state index in [0.717, 1.165) is 0 Å². The third-order valence-electron chi connectivity index (χ3n) is 0.378. The molecule has 0 bridgehead atoms. The molecule has 0 spiro atoms. The van der Waals surface area contributed by atoms with Crippen molar-refractivity contribution in [1.29, 1.82) is 0 Å². The summed E-state index contributed by atoms with van der Waals surface area (Å²) in [6, 6.07) is 0. The van der Waals surface area contributed by atoms with E-state index in [1.807, 2.05) is 0 Å². The molecule has 0 saturated heterocycles. The van der Waals surface area contributed by atoms with Gasteiger partial charge in [-0.25, -0.2) is 0 Å². The normalized spacial score (nSPS) is 8.83. The molecule has 0 N–H and O–H groups in total. The van der Waals surface area contributed by atoms with Crippen LogP contribution in [-0.2, 0) is 0 Å². The Morgan fingerprint density at radius 3 is 2.83 bits per heavy atom. The quantitative estimate of drug-likeness (QED) is 0.446. The second kappa shape index (κ2) is 1.08. The van der Waals surface area contributed by atoms with Gasteiger partial charge in [-0.2, -0.15) is 4.98 Å². The maximum Gasteiger partial charge on any atom is 0.213 e. The predicted molar refractivity (Wildman–Crippen MR) is 17.7 cm³/mol. The summed E-state index contributed by atoms with van der Waals surface area (Å²) >= 11 is 0. The molecule has 1 rings (SSSR count). The molecule has 0 unspecified atom stereocenters. The van der Waals surface area contributed by atoms with Crippen molar-refractivity contribution in [2.45, 2.75) is 0 Å². The fourth-order valence-corrected chi connectivity index (χ4v) is 0.179. The SMILES string of the molecule is [CH]c1ncon1. The molecule has 1 aromatic rings. The van der Waals surface area contributed by atoms with Crippen LogP contribution in [-0.4, -0.2) is 10.1 Å². The third-order valence-corrected chi connectivity index (χ3v) is 0.378. The fraction of sp³-hybridized carbons (Fsp3) is 0. The number of aromatic nitrogens is 2. The van der Waals surface area contributed by atoms with E-state index in [0.29, 0.717) is 0 Å². The second-order valence-corrected chi connectivity index (χ2v) is 0.789. The molecule has 3 nitrogen and oxygen atoms in total. The van der Waals surface area contributed by atoms with E-state index in [-0.39, 0.29) is 5.82 Å². The van der Waals surface area contributed by atoms with E-state index in [1.54, 1.807) is 0 Å². The number of hydrogen-bond acceptors (Lipinski definition) is 3. The molecule has 0 aliphatic heterocycles. The van der Waals surface area contributed by atoms with Crippen molar-refractivity contribution < 1.29 is 4.52 Å². The van der Waals surface area contributed by atoms with Gasteiger partial charge in [-0.05, 0) is 0 Å². The maximum atomic E-state index is 4.96. The molecule has 1 aromatic heterocycles. The average molecular weight is 82.1 g/mol. The monoisotopic (exact) mass is 82.0 g/mol. The summed E-state index contributed by atoms with van der Waals surface area (Å²) in [5.74, 6) is 0.176. The minimum Gasteiger partial charge on any atom is -0.343 e. The zero-order valence-electron chi connectivity index (χ0n) is 2.96. The molecule has 3 heteroatoms. The molecule has 0 amide bonds. The van der Waals surface area contributed by atoms with Crippen LogP contribution in [0.2, 0.25) is 0 Å². The van der Waals surface area contributed by atoms with E-state index >= 15 is 0 Å². The first kappa shape index (κ1) is 3.33. The Bertz CT molecular complexity index is 112. The number of rotatable bonds is 0. The Hall–Kier alpha value is -0.860. The highest BCUT2D eigenvalue weighted by molar-refractivity contribution is 4.79. The van der Waals surface area contributed by atoms with Crippen molar-refractivity contribution in [3.05, 3.63) is 19.1 Å². The molecule has 0 fully saturated rings. The summed E-state index contributed by atoms with van der Waals surface area (Å²) in [7, 11) is 0. The Balaban J connectivity index is 3.05. The first-order valence-electron chi connectivity index (χ1n) is 1.41. The largest absolute Gasteiger partial charge is 0.343 e. The first-order valence-corrected chi connectivity index (χ1v) is 1.41. The summed E-state index contributed by atoms with van der Waals surface area (Å²) in [6.07, 6.45) is 1.18. The van der Waals surface area contributed by atoms with Crippen LogP contribution >= 0.6 is 0 Å². The second-order valence-electron chi connectivity index (χ2n) is 0.789. The molecular weight excluding hydrogens is 80.0 g/mol. The average Bonchev–Trinajstić information content (AvgIpc) is 1.86. The van der Waals surface area contributed by atoms with Crippen LogP contribution in [0.3, 0.4) is 0 Å². The van der Waals surface area contributed by atoms with Gasteiger partial charge in [0.1, 0.15) is 0 Å². The van der Waals surface area contributed by atoms with E-state index in [1.165, 1.54) is 6.39 Å². The van der Waals surface area contributed by atoms with E-state index in [2.05, 4.69) is 14.7 Å². The summed E-state index contributed by atoms with van der Waals surface area (Å²) in [5.41, 5.74) is 0. The minimum atomic E-state index is 0.176. The van der Waals surface area contributed by atoms with Gasteiger partial charge >= 0.3 is 0 Å². The minimum absolute atomic E-state index is 0.176. The standard InChI is InChI=1S/C3H2N2O/c1-3-4-2-6-5-3/h1-2H. The highest BCUT2D eigenvalue weighted by Crippen LogP contribution is 1.78. The lowest BCUT2D eigenvalue weighted by Crippen LogP contribution is -1.66. The van der Waals surface area contributed by atoms with Crippen molar-refractivity contribution in [1.82, 2.24) is 10.1 Å². The van der Waals surface area contributed by atoms with Crippen molar-refractivity contribution in [2.24, 2.45) is 0 Å². The molecule has 2 radical (unpaired) electrons. The van der Waals surface area contributed by atoms with Gasteiger partial charge in [0.25, 0.3) is 0 Å². The molecular formula is C3H2N2O. The summed E-state index contributed by atoms with van der Waals surface area (Å²) in [5, 5.41) is 3.21. The van der Waals surface area contributed by atoms with Crippen LogP contribution in [0.1, 0.15) is 5.82 Å². The summed E-state index contributed by atoms with van der Waals surface area (Å²) in [4.78, 5) is 3.42. The predicted octanol–water partition coefficient (Wildman–Crippen LogP) is 0.129. The molecule has 0 saturated carbocycles. The van der Waals surface area contributed by atoms with Gasteiger partial charge in [0.15, 0.2) is 5.82 Å². The first-order chi connectivity index (χ1) is 2.89. The van der Waals surface area contributed by atoms with Crippen molar-refractivity contribution in [3.63, 3.8) is 0 Å². The zero-order chi connectivity index (χ0) is 4.41. The van der Waals surface area contributed by atoms with E-state index < -0.39 is 0 Å². The molecule has 0 atom stereocenters. The van der Waals surface area contributed by atoms with E-state index in [4.69, 9.17) is 6.92 Å². The Kier molecular flexibility index (Phi) is 0.602. The third kappa shape index (κ3) is 0.381. The van der Waals surface area contributed by atoms with Gasteiger partial charge in [0, 0.05) is 6.92 Å². The van der Waals surface area contributed by atoms with Gasteiger partial charge in [-0.15, -0.1) is 0 Å².